The fourth-order valence-electron chi connectivity index (χ4n) is 3.82. The van der Waals surface area contributed by atoms with E-state index in [-0.39, 0.29) is 39.6 Å². The second kappa shape index (κ2) is 10.4. The molecule has 1 heterocycles. The number of likely N-dealkylation sites (tertiary alicyclic amines) is 1. The minimum absolute atomic E-state index is 0.0495. The van der Waals surface area contributed by atoms with Gasteiger partial charge in [-0.05, 0) is 30.3 Å². The quantitative estimate of drug-likeness (QED) is 0.642. The number of piperidine rings is 1. The number of quaternary nitrogens is 1. The Labute approximate surface area is 185 Å². The summed E-state index contributed by atoms with van der Waals surface area (Å²) in [6.07, 6.45) is 1.52. The molecule has 8 heteroatoms. The first-order valence-corrected chi connectivity index (χ1v) is 10.5. The van der Waals surface area contributed by atoms with Crippen LogP contribution in [0.4, 0.5) is 4.39 Å². The van der Waals surface area contributed by atoms with E-state index in [1.807, 2.05) is 6.07 Å². The summed E-state index contributed by atoms with van der Waals surface area (Å²) < 4.78 is 18.3. The maximum Gasteiger partial charge on any atom is 0.255 e. The third kappa shape index (κ3) is 5.60. The summed E-state index contributed by atoms with van der Waals surface area (Å²) in [6, 6.07) is 10.5. The standard InChI is InChI=1S/C23H23ClFN3O3/c1-31-21-13-20(24)17(14-26)12-19(21)23(30)27-8-11-28-9-6-16(7-10-28)22(29)15-2-4-18(25)5-3-15/h2-5,12-13,16H,6-11H2,1H3,(H,27,30)/p+1. The number of halogens is 2. The molecule has 0 aromatic heterocycles. The number of nitrogens with zero attached hydrogens (tertiary/aromatic N) is 1. The molecule has 6 nitrogen and oxygen atoms in total. The lowest BCUT2D eigenvalue weighted by Gasteiger charge is -2.28. The van der Waals surface area contributed by atoms with E-state index in [1.54, 1.807) is 0 Å². The molecule has 0 bridgehead atoms. The molecule has 1 amide bonds. The first-order chi connectivity index (χ1) is 14.9. The molecule has 3 rings (SSSR count). The van der Waals surface area contributed by atoms with Crippen LogP contribution in [0.3, 0.4) is 0 Å². The van der Waals surface area contributed by atoms with Crippen LogP contribution >= 0.6 is 11.6 Å². The van der Waals surface area contributed by atoms with Crippen LogP contribution in [0.5, 0.6) is 5.75 Å². The van der Waals surface area contributed by atoms with Crippen LogP contribution in [0.15, 0.2) is 36.4 Å². The summed E-state index contributed by atoms with van der Waals surface area (Å²) in [5.74, 6) is -0.347. The molecule has 1 fully saturated rings. The molecule has 1 saturated heterocycles. The topological polar surface area (TPSA) is 83.6 Å². The van der Waals surface area contributed by atoms with Crippen LogP contribution in [0, 0.1) is 23.1 Å². The lowest BCUT2D eigenvalue weighted by Crippen LogP contribution is -3.13. The Morgan fingerprint density at radius 2 is 1.94 bits per heavy atom. The second-order valence-corrected chi connectivity index (χ2v) is 7.95. The fraction of sp³-hybridized carbons (Fsp3) is 0.348. The van der Waals surface area contributed by atoms with Crippen LogP contribution < -0.4 is 15.0 Å². The number of ether oxygens (including phenoxy) is 1. The lowest BCUT2D eigenvalue weighted by molar-refractivity contribution is -0.904. The summed E-state index contributed by atoms with van der Waals surface area (Å²) in [5, 5.41) is 12.2. The second-order valence-electron chi connectivity index (χ2n) is 7.55. The summed E-state index contributed by atoms with van der Waals surface area (Å²) in [5.41, 5.74) is 1.03. The number of amides is 1. The predicted octanol–water partition coefficient (Wildman–Crippen LogP) is 2.27. The summed E-state index contributed by atoms with van der Waals surface area (Å²) in [6.45, 7) is 2.84. The Morgan fingerprint density at radius 3 is 2.55 bits per heavy atom. The number of nitriles is 1. The summed E-state index contributed by atoms with van der Waals surface area (Å²) >= 11 is 5.99. The van der Waals surface area contributed by atoms with E-state index in [2.05, 4.69) is 5.32 Å². The van der Waals surface area contributed by atoms with Crippen molar-refractivity contribution in [1.82, 2.24) is 5.32 Å². The minimum atomic E-state index is -0.349. The number of ketones is 1. The van der Waals surface area contributed by atoms with Gasteiger partial charge >= 0.3 is 0 Å². The van der Waals surface area contributed by atoms with Crippen molar-refractivity contribution in [1.29, 1.82) is 5.26 Å². The maximum absolute atomic E-state index is 13.1. The van der Waals surface area contributed by atoms with Gasteiger partial charge in [0.2, 0.25) is 0 Å². The molecule has 2 N–H and O–H groups in total. The molecular weight excluding hydrogens is 421 g/mol. The van der Waals surface area contributed by atoms with Gasteiger partial charge in [-0.25, -0.2) is 4.39 Å². The third-order valence-corrected chi connectivity index (χ3v) is 5.92. The smallest absolute Gasteiger partial charge is 0.255 e. The van der Waals surface area contributed by atoms with Crippen LogP contribution in [0.25, 0.3) is 0 Å². The number of hydrogen-bond donors (Lipinski definition) is 2. The van der Waals surface area contributed by atoms with Crippen molar-refractivity contribution < 1.29 is 23.6 Å². The molecule has 1 aliphatic rings. The molecule has 1 aliphatic heterocycles. The highest BCUT2D eigenvalue weighted by Gasteiger charge is 2.28. The van der Waals surface area contributed by atoms with Gasteiger partial charge < -0.3 is 15.0 Å². The molecule has 2 aromatic carbocycles. The zero-order valence-corrected chi connectivity index (χ0v) is 18.0. The van der Waals surface area contributed by atoms with E-state index in [1.165, 1.54) is 48.4 Å². The van der Waals surface area contributed by atoms with Crippen molar-refractivity contribution in [3.8, 4) is 11.8 Å². The van der Waals surface area contributed by atoms with Crippen LogP contribution in [0.2, 0.25) is 5.02 Å². The number of carbonyl (C=O) groups excluding carboxylic acids is 2. The number of benzene rings is 2. The molecule has 31 heavy (non-hydrogen) atoms. The highest BCUT2D eigenvalue weighted by atomic mass is 35.5. The third-order valence-electron chi connectivity index (χ3n) is 5.61. The molecule has 0 aliphatic carbocycles. The molecule has 0 spiro atoms. The van der Waals surface area contributed by atoms with Gasteiger partial charge in [-0.15, -0.1) is 0 Å². The lowest BCUT2D eigenvalue weighted by atomic mass is 9.89. The number of methoxy groups -OCH3 is 1. The van der Waals surface area contributed by atoms with Crippen LogP contribution in [-0.2, 0) is 0 Å². The van der Waals surface area contributed by atoms with Crippen molar-refractivity contribution >= 4 is 23.3 Å². The Bertz CT molecular complexity index is 996. The number of nitrogens with one attached hydrogen (secondary N) is 2. The highest BCUT2D eigenvalue weighted by Crippen LogP contribution is 2.26. The SMILES string of the molecule is COc1cc(Cl)c(C#N)cc1C(=O)NCC[NH+]1CCC(C(=O)c2ccc(F)cc2)CC1. The number of hydrogen-bond acceptors (Lipinski definition) is 4. The Hall–Kier alpha value is -2.95. The van der Waals surface area contributed by atoms with Gasteiger partial charge in [0, 0.05) is 30.4 Å². The summed E-state index contributed by atoms with van der Waals surface area (Å²) in [7, 11) is 1.44. The highest BCUT2D eigenvalue weighted by molar-refractivity contribution is 6.32. The number of rotatable bonds is 7. The maximum atomic E-state index is 13.1. The van der Waals surface area contributed by atoms with E-state index in [0.29, 0.717) is 17.9 Å². The molecule has 0 atom stereocenters. The van der Waals surface area contributed by atoms with Crippen LogP contribution in [-0.4, -0.2) is 45.0 Å². The molecule has 0 unspecified atom stereocenters. The van der Waals surface area contributed by atoms with Gasteiger partial charge in [0.05, 0.1) is 49.4 Å². The van der Waals surface area contributed by atoms with Crippen molar-refractivity contribution in [2.75, 3.05) is 33.3 Å². The van der Waals surface area contributed by atoms with E-state index in [4.69, 9.17) is 21.6 Å². The molecule has 0 saturated carbocycles. The Kier molecular flexibility index (Phi) is 7.61. The van der Waals surface area contributed by atoms with Crippen molar-refractivity contribution in [2.24, 2.45) is 5.92 Å². The van der Waals surface area contributed by atoms with E-state index < -0.39 is 0 Å². The van der Waals surface area contributed by atoms with E-state index >= 15 is 0 Å². The fourth-order valence-corrected chi connectivity index (χ4v) is 4.02. The monoisotopic (exact) mass is 444 g/mol. The van der Waals surface area contributed by atoms with Gasteiger partial charge in [-0.1, -0.05) is 11.6 Å². The van der Waals surface area contributed by atoms with Gasteiger partial charge in [-0.3, -0.25) is 9.59 Å². The molecule has 162 valence electrons. The van der Waals surface area contributed by atoms with Gasteiger partial charge in [0.25, 0.3) is 5.91 Å². The number of carbonyl (C=O) groups is 2. The zero-order chi connectivity index (χ0) is 22.4. The largest absolute Gasteiger partial charge is 0.496 e. The Morgan fingerprint density at radius 1 is 1.26 bits per heavy atom. The van der Waals surface area contributed by atoms with Crippen LogP contribution in [0.1, 0.15) is 39.1 Å². The van der Waals surface area contributed by atoms with Gasteiger partial charge in [0.1, 0.15) is 17.6 Å². The summed E-state index contributed by atoms with van der Waals surface area (Å²) in [4.78, 5) is 26.4. The Balaban J connectivity index is 1.48. The van der Waals surface area contributed by atoms with E-state index in [9.17, 15) is 14.0 Å². The average Bonchev–Trinajstić information content (AvgIpc) is 2.79. The molecule has 2 aromatic rings. The van der Waals surface area contributed by atoms with Crippen molar-refractivity contribution in [2.45, 2.75) is 12.8 Å². The average molecular weight is 445 g/mol. The minimum Gasteiger partial charge on any atom is -0.496 e. The van der Waals surface area contributed by atoms with Crippen molar-refractivity contribution in [3.63, 3.8) is 0 Å². The van der Waals surface area contributed by atoms with Gasteiger partial charge in [-0.2, -0.15) is 5.26 Å². The predicted molar refractivity (Wildman–Crippen MR) is 114 cm³/mol. The van der Waals surface area contributed by atoms with Gasteiger partial charge in [0.15, 0.2) is 5.78 Å². The van der Waals surface area contributed by atoms with Crippen molar-refractivity contribution in [3.05, 3.63) is 63.9 Å². The first kappa shape index (κ1) is 22.7. The zero-order valence-electron chi connectivity index (χ0n) is 17.2. The van der Waals surface area contributed by atoms with E-state index in [0.717, 1.165) is 32.5 Å². The molecule has 0 radical (unpaired) electrons. The number of Topliss-reactive ketones (excluding diaryl/α,β-unsaturated/α-hetero) is 1. The normalized spacial score (nSPS) is 18.1. The molecular formula is C23H24ClFN3O3+. The first-order valence-electron chi connectivity index (χ1n) is 10.1.